The summed E-state index contributed by atoms with van der Waals surface area (Å²) < 4.78 is 35.1. The van der Waals surface area contributed by atoms with Gasteiger partial charge in [-0.3, -0.25) is 9.69 Å². The fourth-order valence-electron chi connectivity index (χ4n) is 7.02. The van der Waals surface area contributed by atoms with Gasteiger partial charge in [-0.15, -0.1) is 0 Å². The normalized spacial score (nSPS) is 25.1. The number of carbonyl (C=O) groups excluding carboxylic acids is 1. The van der Waals surface area contributed by atoms with Gasteiger partial charge in [-0.25, -0.2) is 8.42 Å². The van der Waals surface area contributed by atoms with Gasteiger partial charge >= 0.3 is 0 Å². The minimum atomic E-state index is -3.24. The van der Waals surface area contributed by atoms with Crippen LogP contribution in [0.4, 0.5) is 0 Å². The lowest BCUT2D eigenvalue weighted by Gasteiger charge is -2.41. The van der Waals surface area contributed by atoms with Gasteiger partial charge in [0, 0.05) is 61.2 Å². The molecule has 0 saturated carbocycles. The number of rotatable bonds is 8. The lowest BCUT2D eigenvalue weighted by atomic mass is 9.98. The third-order valence-corrected chi connectivity index (χ3v) is 10.6. The van der Waals surface area contributed by atoms with Gasteiger partial charge in [0.2, 0.25) is 10.0 Å². The van der Waals surface area contributed by atoms with Crippen LogP contribution in [0.2, 0.25) is 0 Å². The maximum absolute atomic E-state index is 13.6. The predicted molar refractivity (Wildman–Crippen MR) is 151 cm³/mol. The molecular formula is C29H44N4O4S. The van der Waals surface area contributed by atoms with Gasteiger partial charge < -0.3 is 14.2 Å². The first-order chi connectivity index (χ1) is 18.1. The smallest absolute Gasteiger partial charge is 0.270 e. The van der Waals surface area contributed by atoms with Crippen LogP contribution < -0.4 is 4.74 Å². The van der Waals surface area contributed by atoms with Crippen molar-refractivity contribution in [3.8, 4) is 5.75 Å². The molecule has 0 radical (unpaired) electrons. The average molecular weight is 545 g/mol. The summed E-state index contributed by atoms with van der Waals surface area (Å²) in [5.41, 5.74) is 1.68. The number of benzene rings is 1. The summed E-state index contributed by atoms with van der Waals surface area (Å²) in [7, 11) is -3.24. The zero-order chi connectivity index (χ0) is 27.2. The van der Waals surface area contributed by atoms with E-state index in [2.05, 4.69) is 49.3 Å². The summed E-state index contributed by atoms with van der Waals surface area (Å²) in [5, 5.41) is 1.01. The zero-order valence-corrected chi connectivity index (χ0v) is 24.4. The summed E-state index contributed by atoms with van der Waals surface area (Å²) in [6.45, 7) is 12.2. The standard InChI is InChI=1S/C29H44N4O4S/c1-6-15-38(35,36)31-13-11-30(12-14-31)29(34)28-17-22-16-25(9-10-27(22)33(28)21(4)5)37-26-18-23-7-8-24(19-26)32(23)20(2)3/h9-10,16-17,20-21,23-24,26H,6-8,11-15,18-19H2,1-5H3. The van der Waals surface area contributed by atoms with Crippen molar-refractivity contribution in [2.45, 2.75) is 97.0 Å². The molecule has 3 aliphatic rings. The van der Waals surface area contributed by atoms with Crippen LogP contribution in [0.15, 0.2) is 24.3 Å². The number of piperidine rings is 1. The highest BCUT2D eigenvalue weighted by molar-refractivity contribution is 7.89. The van der Waals surface area contributed by atoms with Gasteiger partial charge in [0.05, 0.1) is 5.75 Å². The number of aromatic nitrogens is 1. The molecule has 2 aromatic rings. The monoisotopic (exact) mass is 544 g/mol. The Balaban J connectivity index is 1.32. The number of carbonyl (C=O) groups is 1. The van der Waals surface area contributed by atoms with Crippen molar-refractivity contribution < 1.29 is 17.9 Å². The molecule has 0 N–H and O–H groups in total. The predicted octanol–water partition coefficient (Wildman–Crippen LogP) is 4.50. The van der Waals surface area contributed by atoms with E-state index < -0.39 is 10.0 Å². The van der Waals surface area contributed by atoms with Crippen molar-refractivity contribution in [2.24, 2.45) is 0 Å². The molecule has 38 heavy (non-hydrogen) atoms. The van der Waals surface area contributed by atoms with E-state index >= 15 is 0 Å². The van der Waals surface area contributed by atoms with E-state index in [4.69, 9.17) is 4.74 Å². The highest BCUT2D eigenvalue weighted by Crippen LogP contribution is 2.39. The Bertz CT molecular complexity index is 1250. The molecule has 1 aromatic carbocycles. The molecule has 210 valence electrons. The molecule has 1 amide bonds. The Kier molecular flexibility index (Phi) is 7.82. The molecule has 0 spiro atoms. The Morgan fingerprint density at radius 3 is 2.21 bits per heavy atom. The quantitative estimate of drug-likeness (QED) is 0.489. The first-order valence-electron chi connectivity index (χ1n) is 14.4. The highest BCUT2D eigenvalue weighted by Gasteiger charge is 2.42. The number of piperazine rings is 1. The SMILES string of the molecule is CCCS(=O)(=O)N1CCN(C(=O)c2cc3cc(OC4CC5CCC(C4)N5C(C)C)ccc3n2C(C)C)CC1. The van der Waals surface area contributed by atoms with Crippen LogP contribution in [-0.4, -0.2) is 89.2 Å². The van der Waals surface area contributed by atoms with E-state index in [0.717, 1.165) is 29.5 Å². The third kappa shape index (κ3) is 5.21. The lowest BCUT2D eigenvalue weighted by molar-refractivity contribution is 0.0308. The molecule has 1 aromatic heterocycles. The van der Waals surface area contributed by atoms with Crippen LogP contribution in [0.1, 0.15) is 83.3 Å². The van der Waals surface area contributed by atoms with E-state index in [1.165, 1.54) is 17.1 Å². The zero-order valence-electron chi connectivity index (χ0n) is 23.6. The minimum absolute atomic E-state index is 0.0393. The maximum atomic E-state index is 13.6. The number of sulfonamides is 1. The minimum Gasteiger partial charge on any atom is -0.490 e. The van der Waals surface area contributed by atoms with Gasteiger partial charge in [0.15, 0.2) is 0 Å². The van der Waals surface area contributed by atoms with E-state index in [1.54, 1.807) is 4.90 Å². The van der Waals surface area contributed by atoms with Gasteiger partial charge in [-0.05, 0) is 84.1 Å². The fourth-order valence-corrected chi connectivity index (χ4v) is 8.52. The maximum Gasteiger partial charge on any atom is 0.270 e. The number of amides is 1. The second-order valence-electron chi connectivity index (χ2n) is 11.9. The van der Waals surface area contributed by atoms with E-state index in [1.807, 2.05) is 19.1 Å². The molecule has 3 aliphatic heterocycles. The van der Waals surface area contributed by atoms with E-state index in [0.29, 0.717) is 56.4 Å². The number of fused-ring (bicyclic) bond motifs is 3. The molecule has 8 nitrogen and oxygen atoms in total. The van der Waals surface area contributed by atoms with Crippen LogP contribution >= 0.6 is 0 Å². The molecular weight excluding hydrogens is 500 g/mol. The summed E-state index contributed by atoms with van der Waals surface area (Å²) in [6.07, 6.45) is 5.51. The summed E-state index contributed by atoms with van der Waals surface area (Å²) >= 11 is 0. The van der Waals surface area contributed by atoms with Crippen LogP contribution in [0, 0.1) is 0 Å². The lowest BCUT2D eigenvalue weighted by Crippen LogP contribution is -2.51. The van der Waals surface area contributed by atoms with Crippen molar-refractivity contribution >= 4 is 26.8 Å². The van der Waals surface area contributed by atoms with Gasteiger partial charge in [-0.2, -0.15) is 4.31 Å². The number of hydrogen-bond acceptors (Lipinski definition) is 5. The van der Waals surface area contributed by atoms with E-state index in [9.17, 15) is 13.2 Å². The molecule has 5 rings (SSSR count). The first kappa shape index (κ1) is 27.5. The van der Waals surface area contributed by atoms with Crippen molar-refractivity contribution in [1.82, 2.24) is 18.7 Å². The molecule has 3 fully saturated rings. The van der Waals surface area contributed by atoms with Crippen LogP contribution in [0.3, 0.4) is 0 Å². The second kappa shape index (κ2) is 10.8. The van der Waals surface area contributed by atoms with Gasteiger partial charge in [-0.1, -0.05) is 6.92 Å². The first-order valence-corrected chi connectivity index (χ1v) is 16.1. The van der Waals surface area contributed by atoms with Crippen LogP contribution in [-0.2, 0) is 10.0 Å². The second-order valence-corrected chi connectivity index (χ2v) is 13.9. The van der Waals surface area contributed by atoms with E-state index in [-0.39, 0.29) is 23.8 Å². The van der Waals surface area contributed by atoms with Crippen LogP contribution in [0.25, 0.3) is 10.9 Å². The summed E-state index contributed by atoms with van der Waals surface area (Å²) in [5.74, 6) is 0.988. The Morgan fingerprint density at radius 1 is 0.974 bits per heavy atom. The van der Waals surface area contributed by atoms with Gasteiger partial charge in [0.25, 0.3) is 5.91 Å². The number of ether oxygens (including phenoxy) is 1. The Morgan fingerprint density at radius 2 is 1.63 bits per heavy atom. The van der Waals surface area contributed by atoms with Crippen molar-refractivity contribution in [3.63, 3.8) is 0 Å². The van der Waals surface area contributed by atoms with Crippen molar-refractivity contribution in [2.75, 3.05) is 31.9 Å². The summed E-state index contributed by atoms with van der Waals surface area (Å²) in [6, 6.07) is 10.1. The molecule has 2 unspecified atom stereocenters. The molecule has 9 heteroatoms. The number of nitrogens with zero attached hydrogens (tertiary/aromatic N) is 4. The Hall–Kier alpha value is -2.10. The fraction of sp³-hybridized carbons (Fsp3) is 0.690. The molecule has 3 saturated heterocycles. The largest absolute Gasteiger partial charge is 0.490 e. The average Bonchev–Trinajstić information content (AvgIpc) is 3.38. The van der Waals surface area contributed by atoms with Gasteiger partial charge in [0.1, 0.15) is 17.5 Å². The molecule has 4 heterocycles. The molecule has 0 aliphatic carbocycles. The molecule has 2 atom stereocenters. The third-order valence-electron chi connectivity index (χ3n) is 8.57. The highest BCUT2D eigenvalue weighted by atomic mass is 32.2. The molecule has 2 bridgehead atoms. The summed E-state index contributed by atoms with van der Waals surface area (Å²) in [4.78, 5) is 18.1. The number of hydrogen-bond donors (Lipinski definition) is 0. The topological polar surface area (TPSA) is 75.1 Å². The Labute approximate surface area is 227 Å². The van der Waals surface area contributed by atoms with Crippen molar-refractivity contribution in [1.29, 1.82) is 0 Å². The van der Waals surface area contributed by atoms with Crippen LogP contribution in [0.5, 0.6) is 5.75 Å². The van der Waals surface area contributed by atoms with Crippen molar-refractivity contribution in [3.05, 3.63) is 30.0 Å².